The van der Waals surface area contributed by atoms with Gasteiger partial charge in [0.1, 0.15) is 0 Å². The first-order valence-corrected chi connectivity index (χ1v) is 8.32. The number of aryl methyl sites for hydroxylation is 1. The zero-order valence-corrected chi connectivity index (χ0v) is 14.4. The molecule has 0 amide bonds. The molecule has 8 heteroatoms. The third-order valence-corrected chi connectivity index (χ3v) is 4.58. The minimum atomic E-state index is -0.0229. The lowest BCUT2D eigenvalue weighted by Gasteiger charge is -2.13. The van der Waals surface area contributed by atoms with Gasteiger partial charge in [-0.3, -0.25) is 4.68 Å². The zero-order valence-electron chi connectivity index (χ0n) is 14.4. The van der Waals surface area contributed by atoms with Crippen LogP contribution in [0.2, 0.25) is 0 Å². The van der Waals surface area contributed by atoms with Crippen molar-refractivity contribution in [3.8, 4) is 11.3 Å². The van der Waals surface area contributed by atoms with E-state index in [9.17, 15) is 0 Å². The smallest absolute Gasteiger partial charge is 0.221 e. The summed E-state index contributed by atoms with van der Waals surface area (Å²) in [4.78, 5) is 9.14. The standard InChI is InChI=1S/C18H16N8/c1-12(13-5-6-15-4-3-7-25(15)11-13)26-18-17(22-23-26)19-9-16(21-18)14-8-20-24(2)10-14/h3-12H,1-2H3/t12-/m0/s1. The van der Waals surface area contributed by atoms with Gasteiger partial charge in [-0.1, -0.05) is 11.3 Å². The van der Waals surface area contributed by atoms with Crippen molar-refractivity contribution in [1.29, 1.82) is 0 Å². The topological polar surface area (TPSA) is 78.7 Å². The van der Waals surface area contributed by atoms with Crippen LogP contribution in [0.3, 0.4) is 0 Å². The van der Waals surface area contributed by atoms with Crippen LogP contribution in [0.15, 0.2) is 55.2 Å². The molecule has 128 valence electrons. The van der Waals surface area contributed by atoms with Crippen molar-refractivity contribution in [3.63, 3.8) is 0 Å². The number of aromatic nitrogens is 8. The van der Waals surface area contributed by atoms with Crippen molar-refractivity contribution >= 4 is 16.8 Å². The second-order valence-corrected chi connectivity index (χ2v) is 6.32. The summed E-state index contributed by atoms with van der Waals surface area (Å²) in [5.74, 6) is 0. The minimum Gasteiger partial charge on any atom is -0.324 e. The van der Waals surface area contributed by atoms with Crippen molar-refractivity contribution < 1.29 is 0 Å². The maximum atomic E-state index is 4.73. The van der Waals surface area contributed by atoms with E-state index in [4.69, 9.17) is 4.98 Å². The molecule has 0 fully saturated rings. The van der Waals surface area contributed by atoms with Gasteiger partial charge in [-0.15, -0.1) is 5.10 Å². The minimum absolute atomic E-state index is 0.0229. The molecule has 0 aliphatic carbocycles. The predicted molar refractivity (Wildman–Crippen MR) is 96.5 cm³/mol. The van der Waals surface area contributed by atoms with Crippen LogP contribution in [0, 0.1) is 0 Å². The summed E-state index contributed by atoms with van der Waals surface area (Å²) in [7, 11) is 1.88. The summed E-state index contributed by atoms with van der Waals surface area (Å²) in [5, 5.41) is 12.7. The molecule has 0 N–H and O–H groups in total. The molecule has 0 aromatic carbocycles. The highest BCUT2D eigenvalue weighted by Gasteiger charge is 2.17. The Morgan fingerprint density at radius 2 is 2.00 bits per heavy atom. The Labute approximate surface area is 148 Å². The zero-order chi connectivity index (χ0) is 17.7. The Kier molecular flexibility index (Phi) is 3.11. The van der Waals surface area contributed by atoms with Gasteiger partial charge in [-0.25, -0.2) is 14.6 Å². The van der Waals surface area contributed by atoms with E-state index in [1.165, 1.54) is 0 Å². The predicted octanol–water partition coefficient (Wildman–Crippen LogP) is 2.48. The number of hydrogen-bond donors (Lipinski definition) is 0. The fourth-order valence-corrected chi connectivity index (χ4v) is 3.12. The van der Waals surface area contributed by atoms with E-state index in [0.29, 0.717) is 11.3 Å². The number of hydrogen-bond acceptors (Lipinski definition) is 5. The van der Waals surface area contributed by atoms with Gasteiger partial charge in [0.2, 0.25) is 5.65 Å². The molecule has 26 heavy (non-hydrogen) atoms. The average molecular weight is 344 g/mol. The molecule has 5 aromatic rings. The average Bonchev–Trinajstić information content (AvgIpc) is 3.38. The van der Waals surface area contributed by atoms with Crippen molar-refractivity contribution in [2.24, 2.45) is 7.05 Å². The summed E-state index contributed by atoms with van der Waals surface area (Å²) in [6.45, 7) is 2.08. The third kappa shape index (κ3) is 2.26. The Morgan fingerprint density at radius 3 is 2.85 bits per heavy atom. The van der Waals surface area contributed by atoms with Gasteiger partial charge < -0.3 is 4.40 Å². The molecule has 8 nitrogen and oxygen atoms in total. The number of fused-ring (bicyclic) bond motifs is 2. The second kappa shape index (κ2) is 5.48. The van der Waals surface area contributed by atoms with E-state index < -0.39 is 0 Å². The van der Waals surface area contributed by atoms with E-state index in [0.717, 1.165) is 22.3 Å². The summed E-state index contributed by atoms with van der Waals surface area (Å²) >= 11 is 0. The van der Waals surface area contributed by atoms with E-state index in [-0.39, 0.29) is 6.04 Å². The lowest BCUT2D eigenvalue weighted by Crippen LogP contribution is -2.10. The summed E-state index contributed by atoms with van der Waals surface area (Å²) in [5.41, 5.74) is 5.13. The molecule has 0 spiro atoms. The maximum Gasteiger partial charge on any atom is 0.221 e. The molecular weight excluding hydrogens is 328 g/mol. The lowest BCUT2D eigenvalue weighted by atomic mass is 10.1. The molecule has 0 aliphatic heterocycles. The number of rotatable bonds is 3. The Hall–Kier alpha value is -3.55. The number of pyridine rings is 1. The lowest BCUT2D eigenvalue weighted by molar-refractivity contribution is 0.554. The summed E-state index contributed by atoms with van der Waals surface area (Å²) in [6, 6.07) is 8.28. The largest absolute Gasteiger partial charge is 0.324 e. The van der Waals surface area contributed by atoms with Crippen molar-refractivity contribution in [3.05, 3.63) is 60.8 Å². The molecule has 0 saturated carbocycles. The van der Waals surface area contributed by atoms with E-state index >= 15 is 0 Å². The molecule has 0 saturated heterocycles. The summed E-state index contributed by atoms with van der Waals surface area (Å²) in [6.07, 6.45) is 9.52. The van der Waals surface area contributed by atoms with Crippen LogP contribution in [0.25, 0.3) is 28.1 Å². The Bertz CT molecular complexity index is 1230. The summed E-state index contributed by atoms with van der Waals surface area (Å²) < 4.78 is 5.65. The van der Waals surface area contributed by atoms with Crippen LogP contribution < -0.4 is 0 Å². The van der Waals surface area contributed by atoms with Gasteiger partial charge in [-0.2, -0.15) is 5.10 Å². The SMILES string of the molecule is C[C@@H](c1ccc2cccn2c1)n1nnc2ncc(-c3cnn(C)c3)nc21. The van der Waals surface area contributed by atoms with Gasteiger partial charge in [0.25, 0.3) is 0 Å². The Morgan fingerprint density at radius 1 is 1.08 bits per heavy atom. The monoisotopic (exact) mass is 344 g/mol. The molecule has 1 atom stereocenters. The van der Waals surface area contributed by atoms with Crippen LogP contribution in [0.1, 0.15) is 18.5 Å². The van der Waals surface area contributed by atoms with Crippen LogP contribution >= 0.6 is 0 Å². The first-order valence-electron chi connectivity index (χ1n) is 8.32. The van der Waals surface area contributed by atoms with Crippen LogP contribution in [0.4, 0.5) is 0 Å². The molecule has 5 aromatic heterocycles. The number of nitrogens with zero attached hydrogens (tertiary/aromatic N) is 8. The van der Waals surface area contributed by atoms with E-state index in [1.807, 2.05) is 30.2 Å². The molecule has 5 heterocycles. The molecular formula is C18H16N8. The van der Waals surface area contributed by atoms with Crippen LogP contribution in [0.5, 0.6) is 0 Å². The van der Waals surface area contributed by atoms with Crippen LogP contribution in [-0.2, 0) is 7.05 Å². The fourth-order valence-electron chi connectivity index (χ4n) is 3.12. The van der Waals surface area contributed by atoms with Crippen molar-refractivity contribution in [1.82, 2.24) is 39.1 Å². The highest BCUT2D eigenvalue weighted by atomic mass is 15.5. The first-order chi connectivity index (χ1) is 12.7. The first kappa shape index (κ1) is 14.8. The molecule has 5 rings (SSSR count). The maximum absolute atomic E-state index is 4.73. The van der Waals surface area contributed by atoms with Gasteiger partial charge >= 0.3 is 0 Å². The van der Waals surface area contributed by atoms with Gasteiger partial charge in [-0.05, 0) is 30.7 Å². The Balaban J connectivity index is 1.61. The van der Waals surface area contributed by atoms with Crippen molar-refractivity contribution in [2.75, 3.05) is 0 Å². The van der Waals surface area contributed by atoms with Crippen molar-refractivity contribution in [2.45, 2.75) is 13.0 Å². The van der Waals surface area contributed by atoms with Gasteiger partial charge in [0.05, 0.1) is 24.1 Å². The second-order valence-electron chi connectivity index (χ2n) is 6.32. The third-order valence-electron chi connectivity index (χ3n) is 4.58. The molecule has 0 bridgehead atoms. The highest BCUT2D eigenvalue weighted by Crippen LogP contribution is 2.23. The highest BCUT2D eigenvalue weighted by molar-refractivity contribution is 5.69. The van der Waals surface area contributed by atoms with E-state index in [2.05, 4.69) is 56.1 Å². The molecule has 0 aliphatic rings. The quantitative estimate of drug-likeness (QED) is 0.502. The van der Waals surface area contributed by atoms with E-state index in [1.54, 1.807) is 17.1 Å². The fraction of sp³-hybridized carbons (Fsp3) is 0.167. The van der Waals surface area contributed by atoms with Gasteiger partial charge in [0, 0.05) is 36.7 Å². The molecule has 0 radical (unpaired) electrons. The molecule has 0 unspecified atom stereocenters. The van der Waals surface area contributed by atoms with Crippen LogP contribution in [-0.4, -0.2) is 39.1 Å². The normalized spacial score (nSPS) is 12.8. The van der Waals surface area contributed by atoms with Gasteiger partial charge in [0.15, 0.2) is 5.65 Å².